The number of thiazole rings is 1. The number of carbonyl (C=O) groups is 1. The zero-order chi connectivity index (χ0) is 13.0. The Hall–Kier alpha value is -1.63. The van der Waals surface area contributed by atoms with Gasteiger partial charge in [0.05, 0.1) is 16.8 Å². The minimum Gasteiger partial charge on any atom is -0.350 e. The standard InChI is InChI=1S/C11H17N5OS/c1-8-9(7-13-15-10(12)17)18-11(14-8)16-5-3-2-4-6-16/h7H,2-6H2,1H3,(H3,12,15,17)/b13-7+. The summed E-state index contributed by atoms with van der Waals surface area (Å²) in [6.07, 6.45) is 5.35. The Morgan fingerprint density at radius 2 is 2.22 bits per heavy atom. The predicted octanol–water partition coefficient (Wildman–Crippen LogP) is 1.44. The molecule has 1 aromatic rings. The smallest absolute Gasteiger partial charge is 0.332 e. The Morgan fingerprint density at radius 1 is 1.50 bits per heavy atom. The van der Waals surface area contributed by atoms with Gasteiger partial charge in [0.2, 0.25) is 0 Å². The van der Waals surface area contributed by atoms with Crippen LogP contribution in [0.15, 0.2) is 5.10 Å². The van der Waals surface area contributed by atoms with E-state index in [0.717, 1.165) is 28.8 Å². The van der Waals surface area contributed by atoms with E-state index >= 15 is 0 Å². The summed E-state index contributed by atoms with van der Waals surface area (Å²) in [6.45, 7) is 4.09. The van der Waals surface area contributed by atoms with Gasteiger partial charge >= 0.3 is 6.03 Å². The first kappa shape index (κ1) is 12.8. The number of aryl methyl sites for hydroxylation is 1. The molecule has 3 N–H and O–H groups in total. The quantitative estimate of drug-likeness (QED) is 0.642. The summed E-state index contributed by atoms with van der Waals surface area (Å²) in [5.74, 6) is 0. The maximum Gasteiger partial charge on any atom is 0.332 e. The highest BCUT2D eigenvalue weighted by Crippen LogP contribution is 2.27. The number of aromatic nitrogens is 1. The van der Waals surface area contributed by atoms with Crippen LogP contribution in [0.4, 0.5) is 9.93 Å². The molecule has 0 aromatic carbocycles. The van der Waals surface area contributed by atoms with Crippen molar-refractivity contribution >= 4 is 28.7 Å². The number of hydrazone groups is 1. The van der Waals surface area contributed by atoms with Crippen LogP contribution in [0.2, 0.25) is 0 Å². The van der Waals surface area contributed by atoms with E-state index in [1.54, 1.807) is 17.6 Å². The number of piperidine rings is 1. The number of primary amides is 1. The van der Waals surface area contributed by atoms with Crippen LogP contribution in [0.1, 0.15) is 29.8 Å². The number of urea groups is 1. The molecule has 0 aliphatic carbocycles. The van der Waals surface area contributed by atoms with Crippen molar-refractivity contribution in [2.24, 2.45) is 10.8 Å². The molecule has 98 valence electrons. The number of rotatable bonds is 3. The second-order valence-corrected chi connectivity index (χ2v) is 5.24. The van der Waals surface area contributed by atoms with Crippen molar-refractivity contribution in [1.29, 1.82) is 0 Å². The molecule has 2 heterocycles. The number of hydrogen-bond acceptors (Lipinski definition) is 5. The predicted molar refractivity (Wildman–Crippen MR) is 73.2 cm³/mol. The van der Waals surface area contributed by atoms with Crippen LogP contribution < -0.4 is 16.1 Å². The lowest BCUT2D eigenvalue weighted by molar-refractivity contribution is 0.249. The molecule has 0 atom stereocenters. The van der Waals surface area contributed by atoms with Crippen LogP contribution in [-0.2, 0) is 0 Å². The average molecular weight is 267 g/mol. The van der Waals surface area contributed by atoms with Gasteiger partial charge in [0.25, 0.3) is 0 Å². The highest BCUT2D eigenvalue weighted by molar-refractivity contribution is 7.17. The summed E-state index contributed by atoms with van der Waals surface area (Å²) in [7, 11) is 0. The molecular weight excluding hydrogens is 250 g/mol. The molecule has 18 heavy (non-hydrogen) atoms. The summed E-state index contributed by atoms with van der Waals surface area (Å²) in [6, 6.07) is -0.662. The van der Waals surface area contributed by atoms with E-state index in [-0.39, 0.29) is 0 Å². The van der Waals surface area contributed by atoms with E-state index in [2.05, 4.69) is 20.4 Å². The Bertz CT molecular complexity index is 450. The van der Waals surface area contributed by atoms with Crippen molar-refractivity contribution in [3.05, 3.63) is 10.6 Å². The molecule has 1 aromatic heterocycles. The van der Waals surface area contributed by atoms with Crippen molar-refractivity contribution in [2.45, 2.75) is 26.2 Å². The van der Waals surface area contributed by atoms with Crippen LogP contribution in [0, 0.1) is 6.92 Å². The normalized spacial score (nSPS) is 16.2. The number of carbonyl (C=O) groups excluding carboxylic acids is 1. The van der Waals surface area contributed by atoms with Crippen LogP contribution >= 0.6 is 11.3 Å². The minimum atomic E-state index is -0.662. The molecule has 2 amide bonds. The van der Waals surface area contributed by atoms with Crippen molar-refractivity contribution in [1.82, 2.24) is 10.4 Å². The van der Waals surface area contributed by atoms with Gasteiger partial charge in [-0.3, -0.25) is 0 Å². The largest absolute Gasteiger partial charge is 0.350 e. The molecule has 0 unspecified atom stereocenters. The van der Waals surface area contributed by atoms with Crippen molar-refractivity contribution < 1.29 is 4.79 Å². The van der Waals surface area contributed by atoms with Gasteiger partial charge in [-0.1, -0.05) is 11.3 Å². The summed E-state index contributed by atoms with van der Waals surface area (Å²) < 4.78 is 0. The van der Waals surface area contributed by atoms with Gasteiger partial charge in [-0.15, -0.1) is 0 Å². The highest BCUT2D eigenvalue weighted by Gasteiger charge is 2.15. The van der Waals surface area contributed by atoms with Gasteiger partial charge in [-0.2, -0.15) is 5.10 Å². The highest BCUT2D eigenvalue weighted by atomic mass is 32.1. The lowest BCUT2D eigenvalue weighted by atomic mass is 10.1. The number of nitrogens with two attached hydrogens (primary N) is 1. The number of anilines is 1. The maximum atomic E-state index is 10.5. The Balaban J connectivity index is 2.06. The van der Waals surface area contributed by atoms with Crippen LogP contribution in [0.3, 0.4) is 0 Å². The fourth-order valence-electron chi connectivity index (χ4n) is 1.89. The van der Waals surface area contributed by atoms with E-state index in [1.807, 2.05) is 6.92 Å². The van der Waals surface area contributed by atoms with E-state index in [0.29, 0.717) is 0 Å². The van der Waals surface area contributed by atoms with Crippen LogP contribution in [-0.4, -0.2) is 30.3 Å². The van der Waals surface area contributed by atoms with Gasteiger partial charge in [-0.05, 0) is 26.2 Å². The zero-order valence-corrected chi connectivity index (χ0v) is 11.2. The van der Waals surface area contributed by atoms with Crippen LogP contribution in [0.25, 0.3) is 0 Å². The van der Waals surface area contributed by atoms with E-state index in [1.165, 1.54) is 19.3 Å². The molecule has 1 fully saturated rings. The molecule has 0 bridgehead atoms. The summed E-state index contributed by atoms with van der Waals surface area (Å²) in [4.78, 5) is 18.3. The number of nitrogens with one attached hydrogen (secondary N) is 1. The van der Waals surface area contributed by atoms with E-state index in [9.17, 15) is 4.79 Å². The second kappa shape index (κ2) is 5.81. The molecular formula is C11H17N5OS. The third-order valence-corrected chi connectivity index (χ3v) is 3.96. The monoisotopic (exact) mass is 267 g/mol. The first-order valence-electron chi connectivity index (χ1n) is 5.97. The first-order chi connectivity index (χ1) is 8.66. The molecule has 1 aliphatic heterocycles. The van der Waals surface area contributed by atoms with E-state index in [4.69, 9.17) is 5.73 Å². The lowest BCUT2D eigenvalue weighted by Gasteiger charge is -2.25. The number of nitrogens with zero attached hydrogens (tertiary/aromatic N) is 3. The Labute approximate surface area is 110 Å². The van der Waals surface area contributed by atoms with Gasteiger partial charge < -0.3 is 10.6 Å². The van der Waals surface area contributed by atoms with Crippen molar-refractivity contribution in [3.8, 4) is 0 Å². The SMILES string of the molecule is Cc1nc(N2CCCCC2)sc1/C=N/NC(N)=O. The second-order valence-electron chi connectivity index (χ2n) is 4.23. The minimum absolute atomic E-state index is 0.662. The maximum absolute atomic E-state index is 10.5. The summed E-state index contributed by atoms with van der Waals surface area (Å²) >= 11 is 1.59. The molecule has 6 nitrogen and oxygen atoms in total. The molecule has 0 spiro atoms. The fourth-order valence-corrected chi connectivity index (χ4v) is 2.88. The van der Waals surface area contributed by atoms with Crippen molar-refractivity contribution in [3.63, 3.8) is 0 Å². The van der Waals surface area contributed by atoms with Gasteiger partial charge in [0.1, 0.15) is 0 Å². The third kappa shape index (κ3) is 3.19. The van der Waals surface area contributed by atoms with Gasteiger partial charge in [-0.25, -0.2) is 15.2 Å². The Kier molecular flexibility index (Phi) is 4.14. The molecule has 7 heteroatoms. The van der Waals surface area contributed by atoms with Crippen LogP contribution in [0.5, 0.6) is 0 Å². The number of amides is 2. The van der Waals surface area contributed by atoms with Gasteiger partial charge in [0, 0.05) is 13.1 Å². The Morgan fingerprint density at radius 3 is 2.89 bits per heavy atom. The van der Waals surface area contributed by atoms with Gasteiger partial charge in [0.15, 0.2) is 5.13 Å². The molecule has 1 saturated heterocycles. The van der Waals surface area contributed by atoms with Crippen molar-refractivity contribution in [2.75, 3.05) is 18.0 Å². The molecule has 1 aliphatic rings. The lowest BCUT2D eigenvalue weighted by Crippen LogP contribution is -2.29. The molecule has 0 saturated carbocycles. The third-order valence-electron chi connectivity index (χ3n) is 2.80. The molecule has 0 radical (unpaired) electrons. The average Bonchev–Trinajstić information content (AvgIpc) is 2.72. The fraction of sp³-hybridized carbons (Fsp3) is 0.545. The first-order valence-corrected chi connectivity index (χ1v) is 6.79. The topological polar surface area (TPSA) is 83.6 Å². The molecule has 2 rings (SSSR count). The van der Waals surface area contributed by atoms with E-state index < -0.39 is 6.03 Å². The summed E-state index contributed by atoms with van der Waals surface area (Å²) in [5.41, 5.74) is 8.04. The number of hydrogen-bond donors (Lipinski definition) is 2. The zero-order valence-electron chi connectivity index (χ0n) is 10.3. The summed E-state index contributed by atoms with van der Waals surface area (Å²) in [5, 5.41) is 4.80.